The molecule has 2 fully saturated rings. The molecule has 3 aliphatic heterocycles. The fraction of sp³-hybridized carbons (Fsp3) is 0.333. The highest BCUT2D eigenvalue weighted by Crippen LogP contribution is 2.50. The first kappa shape index (κ1) is 21.1. The van der Waals surface area contributed by atoms with Gasteiger partial charge in [-0.2, -0.15) is 0 Å². The molecule has 170 valence electrons. The maximum Gasteiger partial charge on any atom is 0.291 e. The Morgan fingerprint density at radius 3 is 2.64 bits per heavy atom. The minimum absolute atomic E-state index is 0.0242. The zero-order valence-electron chi connectivity index (χ0n) is 18.3. The third-order valence-electron chi connectivity index (χ3n) is 7.16. The van der Waals surface area contributed by atoms with E-state index in [1.165, 1.54) is 12.0 Å². The van der Waals surface area contributed by atoms with E-state index in [4.69, 9.17) is 10.5 Å². The molecule has 2 saturated heterocycles. The van der Waals surface area contributed by atoms with Crippen molar-refractivity contribution in [3.63, 3.8) is 0 Å². The predicted octanol–water partition coefficient (Wildman–Crippen LogP) is -0.227. The van der Waals surface area contributed by atoms with Crippen molar-refractivity contribution in [3.8, 4) is 5.75 Å². The van der Waals surface area contributed by atoms with Gasteiger partial charge in [0.1, 0.15) is 23.6 Å². The van der Waals surface area contributed by atoms with Gasteiger partial charge < -0.3 is 21.1 Å². The lowest BCUT2D eigenvalue weighted by Gasteiger charge is -2.26. The number of hydrogen-bond acceptors (Lipinski definition) is 5. The Bertz CT molecular complexity index is 1210. The fourth-order valence-electron chi connectivity index (χ4n) is 5.78. The van der Waals surface area contributed by atoms with Crippen LogP contribution in [0.1, 0.15) is 23.1 Å². The number of aryl methyl sites for hydroxylation is 1. The van der Waals surface area contributed by atoms with Crippen LogP contribution >= 0.6 is 0 Å². The van der Waals surface area contributed by atoms with Gasteiger partial charge in [-0.25, -0.2) is 0 Å². The van der Waals surface area contributed by atoms with Crippen molar-refractivity contribution >= 4 is 29.3 Å². The summed E-state index contributed by atoms with van der Waals surface area (Å²) in [7, 11) is 1.52. The molecule has 4 atom stereocenters. The number of amides is 4. The summed E-state index contributed by atoms with van der Waals surface area (Å²) in [6.45, 7) is 1.90. The summed E-state index contributed by atoms with van der Waals surface area (Å²) in [5, 5.41) is 4.63. The van der Waals surface area contributed by atoms with E-state index in [0.29, 0.717) is 22.6 Å². The van der Waals surface area contributed by atoms with Crippen LogP contribution in [0.3, 0.4) is 0 Å². The highest BCUT2D eigenvalue weighted by molar-refractivity contribution is 6.14. The number of rotatable bonds is 5. The van der Waals surface area contributed by atoms with Gasteiger partial charge in [0.2, 0.25) is 23.3 Å². The zero-order chi connectivity index (χ0) is 23.5. The lowest BCUT2D eigenvalue weighted by atomic mass is 9.76. The average molecular weight is 449 g/mol. The second-order valence-electron chi connectivity index (χ2n) is 8.90. The molecule has 9 nitrogen and oxygen atoms in total. The second-order valence-corrected chi connectivity index (χ2v) is 8.90. The number of imide groups is 1. The van der Waals surface area contributed by atoms with E-state index in [-0.39, 0.29) is 18.9 Å². The number of carbonyl (C=O) groups excluding carboxylic acids is 4. The van der Waals surface area contributed by atoms with Crippen molar-refractivity contribution in [2.75, 3.05) is 12.4 Å². The van der Waals surface area contributed by atoms with Crippen LogP contribution < -0.4 is 21.1 Å². The zero-order valence-corrected chi connectivity index (χ0v) is 18.3. The molecule has 2 aromatic carbocycles. The molecule has 0 unspecified atom stereocenters. The molecular weight excluding hydrogens is 424 g/mol. The second kappa shape index (κ2) is 7.41. The average Bonchev–Trinajstić information content (AvgIpc) is 3.35. The molecular formula is C24H25N4O5+. The van der Waals surface area contributed by atoms with Crippen LogP contribution in [-0.2, 0) is 31.3 Å². The van der Waals surface area contributed by atoms with Crippen molar-refractivity contribution in [2.24, 2.45) is 17.6 Å². The summed E-state index contributed by atoms with van der Waals surface area (Å²) in [4.78, 5) is 53.8. The number of benzene rings is 2. The van der Waals surface area contributed by atoms with Crippen molar-refractivity contribution in [3.05, 3.63) is 59.2 Å². The number of nitrogens with two attached hydrogens (primary N) is 2. The number of para-hydroxylation sites is 2. The normalized spacial score (nSPS) is 27.6. The molecule has 1 spiro atoms. The van der Waals surface area contributed by atoms with E-state index < -0.39 is 41.1 Å². The van der Waals surface area contributed by atoms with Crippen LogP contribution in [0, 0.1) is 18.8 Å². The number of hydrogen-bond donors (Lipinski definition) is 3. The number of fused-ring (bicyclic) bond motifs is 4. The quantitative estimate of drug-likeness (QED) is 0.542. The molecule has 0 aliphatic carbocycles. The number of nitrogens with zero attached hydrogens (tertiary/aromatic N) is 1. The van der Waals surface area contributed by atoms with E-state index in [1.54, 1.807) is 35.6 Å². The first-order chi connectivity index (χ1) is 15.8. The summed E-state index contributed by atoms with van der Waals surface area (Å²) in [6.07, 6.45) is -0.112. The lowest BCUT2D eigenvalue weighted by molar-refractivity contribution is -0.732. The van der Waals surface area contributed by atoms with Gasteiger partial charge >= 0.3 is 0 Å². The summed E-state index contributed by atoms with van der Waals surface area (Å²) >= 11 is 0. The Morgan fingerprint density at radius 1 is 1.15 bits per heavy atom. The molecule has 4 amide bonds. The smallest absolute Gasteiger partial charge is 0.291 e. The van der Waals surface area contributed by atoms with Gasteiger partial charge in [-0.15, -0.1) is 0 Å². The van der Waals surface area contributed by atoms with Gasteiger partial charge in [0.15, 0.2) is 0 Å². The van der Waals surface area contributed by atoms with E-state index in [9.17, 15) is 19.2 Å². The van der Waals surface area contributed by atoms with Gasteiger partial charge in [0.25, 0.3) is 5.91 Å². The maximum atomic E-state index is 13.8. The molecule has 3 heterocycles. The molecule has 0 saturated carbocycles. The van der Waals surface area contributed by atoms with E-state index >= 15 is 0 Å². The molecule has 33 heavy (non-hydrogen) atoms. The number of nitrogens with one attached hydrogen (secondary N) is 1. The lowest BCUT2D eigenvalue weighted by Crippen LogP contribution is -2.99. The van der Waals surface area contributed by atoms with Crippen molar-refractivity contribution < 1.29 is 29.2 Å². The first-order valence-electron chi connectivity index (χ1n) is 10.8. The van der Waals surface area contributed by atoms with E-state index in [2.05, 4.69) is 5.32 Å². The van der Waals surface area contributed by atoms with Crippen LogP contribution in [0.4, 0.5) is 5.69 Å². The Balaban J connectivity index is 1.61. The third kappa shape index (κ3) is 2.88. The van der Waals surface area contributed by atoms with Crippen molar-refractivity contribution in [1.29, 1.82) is 0 Å². The Morgan fingerprint density at radius 2 is 1.91 bits per heavy atom. The number of quaternary nitrogens is 1. The number of anilines is 1. The van der Waals surface area contributed by atoms with Crippen LogP contribution in [0.15, 0.2) is 42.5 Å². The number of carbonyl (C=O) groups is 4. The molecule has 5 rings (SSSR count). The van der Waals surface area contributed by atoms with Crippen LogP contribution in [-0.4, -0.2) is 41.7 Å². The minimum atomic E-state index is -1.32. The van der Waals surface area contributed by atoms with Crippen LogP contribution in [0.5, 0.6) is 5.75 Å². The van der Waals surface area contributed by atoms with Crippen LogP contribution in [0.25, 0.3) is 0 Å². The van der Waals surface area contributed by atoms with Crippen molar-refractivity contribution in [1.82, 2.24) is 4.90 Å². The summed E-state index contributed by atoms with van der Waals surface area (Å²) < 4.78 is 5.38. The Kier molecular flexibility index (Phi) is 4.75. The van der Waals surface area contributed by atoms with Gasteiger partial charge in [-0.1, -0.05) is 36.4 Å². The first-order valence-corrected chi connectivity index (χ1v) is 10.8. The molecule has 3 aliphatic rings. The van der Waals surface area contributed by atoms with Gasteiger partial charge in [0.05, 0.1) is 25.8 Å². The van der Waals surface area contributed by atoms with Gasteiger partial charge in [0, 0.05) is 11.1 Å². The number of primary amides is 1. The summed E-state index contributed by atoms with van der Waals surface area (Å²) in [6, 6.07) is 12.0. The largest absolute Gasteiger partial charge is 0.496 e. The molecule has 0 aromatic heterocycles. The molecule has 0 bridgehead atoms. The number of likely N-dealkylation sites (tertiary alicyclic amines) is 1. The Hall–Kier alpha value is -3.72. The maximum absolute atomic E-state index is 13.8. The van der Waals surface area contributed by atoms with Crippen LogP contribution in [0.2, 0.25) is 0 Å². The number of methoxy groups -OCH3 is 1. The third-order valence-corrected chi connectivity index (χ3v) is 7.16. The molecule has 2 aromatic rings. The SMILES string of the molecule is COc1ccccc1CN1C(=O)[C@H]2[C@@H](C1=O)[C@@]1([NH2+][C@@H]2CC(N)=O)C(=O)Nc2c(C)cccc21. The van der Waals surface area contributed by atoms with Gasteiger partial charge in [-0.3, -0.25) is 24.1 Å². The molecule has 0 radical (unpaired) electrons. The monoisotopic (exact) mass is 449 g/mol. The van der Waals surface area contributed by atoms with Crippen molar-refractivity contribution in [2.45, 2.75) is 31.5 Å². The topological polar surface area (TPSA) is 135 Å². The molecule has 9 heteroatoms. The number of ether oxygens (including phenoxy) is 1. The van der Waals surface area contributed by atoms with Gasteiger partial charge in [-0.05, 0) is 18.6 Å². The van der Waals surface area contributed by atoms with E-state index in [1.807, 2.05) is 19.1 Å². The van der Waals surface area contributed by atoms with E-state index in [0.717, 1.165) is 5.56 Å². The molecule has 5 N–H and O–H groups in total. The Labute approximate surface area is 190 Å². The highest BCUT2D eigenvalue weighted by Gasteiger charge is 2.74. The summed E-state index contributed by atoms with van der Waals surface area (Å²) in [5.41, 5.74) is 7.02. The highest BCUT2D eigenvalue weighted by atomic mass is 16.5. The summed E-state index contributed by atoms with van der Waals surface area (Å²) in [5.74, 6) is -2.98. The predicted molar refractivity (Wildman–Crippen MR) is 117 cm³/mol. The fourth-order valence-corrected chi connectivity index (χ4v) is 5.78. The standard InChI is InChI=1S/C24H24N4O5/c1-12-6-5-8-14-20(12)26-23(32)24(14)19-18(15(27-24)10-17(25)29)21(30)28(22(19)31)11-13-7-3-4-9-16(13)33-2/h3-9,15,18-19,27H,10-11H2,1-2H3,(H2,25,29)(H,26,32)/p+1/t15-,18-,19+,24-/m1/s1. The minimum Gasteiger partial charge on any atom is -0.496 e.